The molecule has 5 N–H and O–H groups in total. The van der Waals surface area contributed by atoms with E-state index in [1.54, 1.807) is 6.08 Å². The van der Waals surface area contributed by atoms with Crippen LogP contribution in [0.15, 0.2) is 30.3 Å². The predicted octanol–water partition coefficient (Wildman–Crippen LogP) is 0.443. The summed E-state index contributed by atoms with van der Waals surface area (Å²) in [5, 5.41) is 8.34. The summed E-state index contributed by atoms with van der Waals surface area (Å²) in [6.45, 7) is 1.99. The van der Waals surface area contributed by atoms with E-state index >= 15 is 0 Å². The standard InChI is InChI=1S/C10H10O2.2H2O/c1-8-2-4-9(5-3-8)6-7-10(11)12;;/h2-7H,1H3,(H,11,12);2*1H2/b7-6+;;. The maximum Gasteiger partial charge on any atom is 0.328 e. The van der Waals surface area contributed by atoms with Crippen LogP contribution < -0.4 is 0 Å². The van der Waals surface area contributed by atoms with Gasteiger partial charge in [0.25, 0.3) is 0 Å². The van der Waals surface area contributed by atoms with E-state index in [-0.39, 0.29) is 11.0 Å². The van der Waals surface area contributed by atoms with Crippen LogP contribution in [0.25, 0.3) is 6.08 Å². The van der Waals surface area contributed by atoms with Gasteiger partial charge in [-0.15, -0.1) is 0 Å². The van der Waals surface area contributed by atoms with Crippen LogP contribution in [0.4, 0.5) is 0 Å². The van der Waals surface area contributed by atoms with Crippen molar-refractivity contribution in [3.8, 4) is 0 Å². The van der Waals surface area contributed by atoms with Crippen molar-refractivity contribution >= 4 is 12.0 Å². The van der Waals surface area contributed by atoms with Crippen LogP contribution in [0.2, 0.25) is 0 Å². The van der Waals surface area contributed by atoms with Crippen LogP contribution in [0.1, 0.15) is 11.1 Å². The van der Waals surface area contributed by atoms with Gasteiger partial charge in [0.2, 0.25) is 0 Å². The van der Waals surface area contributed by atoms with Crippen LogP contribution in [-0.2, 0) is 4.79 Å². The van der Waals surface area contributed by atoms with Gasteiger partial charge in [-0.2, -0.15) is 0 Å². The number of carboxylic acid groups (broad SMARTS) is 1. The lowest BCUT2D eigenvalue weighted by Crippen LogP contribution is -1.85. The lowest BCUT2D eigenvalue weighted by Gasteiger charge is -1.92. The molecule has 0 atom stereocenters. The first-order valence-corrected chi connectivity index (χ1v) is 3.66. The second-order valence-corrected chi connectivity index (χ2v) is 2.58. The highest BCUT2D eigenvalue weighted by Gasteiger charge is 1.88. The molecule has 0 fully saturated rings. The first-order chi connectivity index (χ1) is 5.68. The van der Waals surface area contributed by atoms with Gasteiger partial charge in [-0.25, -0.2) is 4.79 Å². The van der Waals surface area contributed by atoms with Gasteiger partial charge in [-0.3, -0.25) is 0 Å². The number of carboxylic acids is 1. The predicted molar refractivity (Wildman–Crippen MR) is 55.1 cm³/mol. The summed E-state index contributed by atoms with van der Waals surface area (Å²) < 4.78 is 0. The summed E-state index contributed by atoms with van der Waals surface area (Å²) in [7, 11) is 0. The maximum atomic E-state index is 10.2. The van der Waals surface area contributed by atoms with Gasteiger partial charge in [-0.1, -0.05) is 29.8 Å². The minimum atomic E-state index is -0.921. The summed E-state index contributed by atoms with van der Waals surface area (Å²) in [5.74, 6) is -0.921. The normalized spacial score (nSPS) is 8.93. The van der Waals surface area contributed by atoms with Crippen LogP contribution >= 0.6 is 0 Å². The molecule has 4 nitrogen and oxygen atoms in total. The number of hydrogen-bond donors (Lipinski definition) is 1. The fraction of sp³-hybridized carbons (Fsp3) is 0.100. The van der Waals surface area contributed by atoms with Gasteiger partial charge in [0.15, 0.2) is 0 Å². The summed E-state index contributed by atoms with van der Waals surface area (Å²) in [6, 6.07) is 7.66. The molecule has 1 aromatic rings. The number of hydrogen-bond acceptors (Lipinski definition) is 1. The van der Waals surface area contributed by atoms with Crippen molar-refractivity contribution in [2.45, 2.75) is 6.92 Å². The molecule has 0 aliphatic rings. The Hall–Kier alpha value is -1.65. The smallest absolute Gasteiger partial charge is 0.328 e. The van der Waals surface area contributed by atoms with Crippen molar-refractivity contribution in [2.75, 3.05) is 0 Å². The quantitative estimate of drug-likeness (QED) is 0.697. The molecule has 0 radical (unpaired) electrons. The highest BCUT2D eigenvalue weighted by atomic mass is 16.4. The monoisotopic (exact) mass is 198 g/mol. The third-order valence-electron chi connectivity index (χ3n) is 1.50. The molecule has 78 valence electrons. The Morgan fingerprint density at radius 2 is 1.71 bits per heavy atom. The zero-order chi connectivity index (χ0) is 8.97. The topological polar surface area (TPSA) is 100 Å². The van der Waals surface area contributed by atoms with E-state index < -0.39 is 5.97 Å². The Balaban J connectivity index is 0. The molecule has 14 heavy (non-hydrogen) atoms. The van der Waals surface area contributed by atoms with Gasteiger partial charge in [0, 0.05) is 6.08 Å². The Bertz CT molecular complexity index is 300. The largest absolute Gasteiger partial charge is 0.478 e. The van der Waals surface area contributed by atoms with Crippen LogP contribution in [0.5, 0.6) is 0 Å². The Labute approximate surface area is 82.1 Å². The molecule has 0 amide bonds. The molecule has 4 heteroatoms. The second-order valence-electron chi connectivity index (χ2n) is 2.58. The third-order valence-corrected chi connectivity index (χ3v) is 1.50. The van der Waals surface area contributed by atoms with Gasteiger partial charge in [0.05, 0.1) is 0 Å². The summed E-state index contributed by atoms with van der Waals surface area (Å²) >= 11 is 0. The number of carbonyl (C=O) groups is 1. The highest BCUT2D eigenvalue weighted by molar-refractivity contribution is 5.85. The summed E-state index contributed by atoms with van der Waals surface area (Å²) in [4.78, 5) is 10.2. The van der Waals surface area contributed by atoms with E-state index in [4.69, 9.17) is 5.11 Å². The van der Waals surface area contributed by atoms with E-state index in [2.05, 4.69) is 0 Å². The van der Waals surface area contributed by atoms with Gasteiger partial charge in [0.1, 0.15) is 0 Å². The minimum absolute atomic E-state index is 0. The molecule has 0 aliphatic heterocycles. The van der Waals surface area contributed by atoms with E-state index in [1.807, 2.05) is 31.2 Å². The van der Waals surface area contributed by atoms with Gasteiger partial charge >= 0.3 is 5.97 Å². The molecule has 0 unspecified atom stereocenters. The van der Waals surface area contributed by atoms with Crippen molar-refractivity contribution < 1.29 is 20.9 Å². The zero-order valence-corrected chi connectivity index (χ0v) is 7.82. The minimum Gasteiger partial charge on any atom is -0.478 e. The third kappa shape index (κ3) is 5.08. The Morgan fingerprint density at radius 3 is 2.14 bits per heavy atom. The van der Waals surface area contributed by atoms with E-state index in [1.165, 1.54) is 5.56 Å². The fourth-order valence-corrected chi connectivity index (χ4v) is 0.845. The molecule has 0 bridgehead atoms. The zero-order valence-electron chi connectivity index (χ0n) is 7.82. The Kier molecular flexibility index (Phi) is 7.24. The molecule has 1 rings (SSSR count). The van der Waals surface area contributed by atoms with Crippen molar-refractivity contribution in [3.63, 3.8) is 0 Å². The van der Waals surface area contributed by atoms with Crippen LogP contribution in [0, 0.1) is 6.92 Å². The average Bonchev–Trinajstić information content (AvgIpc) is 2.03. The van der Waals surface area contributed by atoms with Crippen LogP contribution in [0.3, 0.4) is 0 Å². The first-order valence-electron chi connectivity index (χ1n) is 3.66. The molecular formula is C10H14O4. The van der Waals surface area contributed by atoms with Crippen molar-refractivity contribution in [1.82, 2.24) is 0 Å². The Morgan fingerprint density at radius 1 is 1.21 bits per heavy atom. The summed E-state index contributed by atoms with van der Waals surface area (Å²) in [6.07, 6.45) is 2.70. The number of rotatable bonds is 2. The molecule has 0 aromatic heterocycles. The maximum absolute atomic E-state index is 10.2. The lowest BCUT2D eigenvalue weighted by atomic mass is 10.1. The molecule has 1 aromatic carbocycles. The van der Waals surface area contributed by atoms with Crippen molar-refractivity contribution in [1.29, 1.82) is 0 Å². The fourth-order valence-electron chi connectivity index (χ4n) is 0.845. The van der Waals surface area contributed by atoms with E-state index in [0.29, 0.717) is 0 Å². The molecule has 0 heterocycles. The lowest BCUT2D eigenvalue weighted by molar-refractivity contribution is -0.131. The molecule has 0 saturated heterocycles. The average molecular weight is 198 g/mol. The van der Waals surface area contributed by atoms with E-state index in [9.17, 15) is 4.79 Å². The van der Waals surface area contributed by atoms with Crippen molar-refractivity contribution in [3.05, 3.63) is 41.5 Å². The first kappa shape index (κ1) is 14.9. The SMILES string of the molecule is Cc1ccc(/C=C/C(=O)O)cc1.O.O. The molecule has 0 spiro atoms. The van der Waals surface area contributed by atoms with Gasteiger partial charge < -0.3 is 16.1 Å². The number of aliphatic carboxylic acids is 1. The van der Waals surface area contributed by atoms with Gasteiger partial charge in [-0.05, 0) is 18.6 Å². The summed E-state index contributed by atoms with van der Waals surface area (Å²) in [5.41, 5.74) is 2.07. The van der Waals surface area contributed by atoms with E-state index in [0.717, 1.165) is 11.6 Å². The number of aryl methyl sites for hydroxylation is 1. The molecular weight excluding hydrogens is 184 g/mol. The van der Waals surface area contributed by atoms with Crippen molar-refractivity contribution in [2.24, 2.45) is 0 Å². The second kappa shape index (κ2) is 6.82. The molecule has 0 aliphatic carbocycles. The molecule has 0 saturated carbocycles. The van der Waals surface area contributed by atoms with Crippen LogP contribution in [-0.4, -0.2) is 22.0 Å². The number of benzene rings is 1. The highest BCUT2D eigenvalue weighted by Crippen LogP contribution is 2.04.